The van der Waals surface area contributed by atoms with E-state index in [-0.39, 0.29) is 5.91 Å². The summed E-state index contributed by atoms with van der Waals surface area (Å²) in [6.45, 7) is 8.52. The molecule has 0 spiro atoms. The highest BCUT2D eigenvalue weighted by Crippen LogP contribution is 2.09. The molecule has 20 heavy (non-hydrogen) atoms. The van der Waals surface area contributed by atoms with Crippen molar-refractivity contribution in [3.63, 3.8) is 0 Å². The Hall–Kier alpha value is -0.860. The number of unbranched alkanes of at least 4 members (excludes halogenated alkanes) is 6. The Morgan fingerprint density at radius 1 is 0.800 bits per heavy atom. The Kier molecular flexibility index (Phi) is 19.4. The van der Waals surface area contributed by atoms with Crippen molar-refractivity contribution in [2.75, 3.05) is 6.54 Å². The summed E-state index contributed by atoms with van der Waals surface area (Å²) in [6.07, 6.45) is 10.4. The molecule has 0 fully saturated rings. The SMILES string of the molecule is CC.CCCNC(=O)CCCCCCCCCC(C)=O. The van der Waals surface area contributed by atoms with Crippen LogP contribution in [0.2, 0.25) is 0 Å². The Balaban J connectivity index is 0. The van der Waals surface area contributed by atoms with E-state index in [0.29, 0.717) is 12.2 Å². The molecule has 0 radical (unpaired) electrons. The molecule has 3 heteroatoms. The number of hydrogen-bond acceptors (Lipinski definition) is 2. The Morgan fingerprint density at radius 3 is 1.70 bits per heavy atom. The molecule has 0 saturated heterocycles. The van der Waals surface area contributed by atoms with Gasteiger partial charge < -0.3 is 10.1 Å². The third kappa shape index (κ3) is 19.5. The van der Waals surface area contributed by atoms with Crippen LogP contribution in [0.25, 0.3) is 0 Å². The molecule has 0 aliphatic rings. The van der Waals surface area contributed by atoms with Gasteiger partial charge in [-0.15, -0.1) is 0 Å². The molecule has 1 N–H and O–H groups in total. The number of amides is 1. The van der Waals surface area contributed by atoms with Crippen LogP contribution in [-0.4, -0.2) is 18.2 Å². The van der Waals surface area contributed by atoms with E-state index in [1.54, 1.807) is 6.92 Å². The number of hydrogen-bond donors (Lipinski definition) is 1. The molecule has 0 heterocycles. The zero-order chi connectivity index (χ0) is 15.6. The summed E-state index contributed by atoms with van der Waals surface area (Å²) in [5.74, 6) is 0.492. The van der Waals surface area contributed by atoms with Crippen LogP contribution >= 0.6 is 0 Å². The van der Waals surface area contributed by atoms with Gasteiger partial charge in [0, 0.05) is 19.4 Å². The van der Waals surface area contributed by atoms with Crippen molar-refractivity contribution in [2.24, 2.45) is 0 Å². The van der Waals surface area contributed by atoms with Crippen molar-refractivity contribution in [1.29, 1.82) is 0 Å². The van der Waals surface area contributed by atoms with Crippen LogP contribution in [0.5, 0.6) is 0 Å². The van der Waals surface area contributed by atoms with Crippen LogP contribution < -0.4 is 5.32 Å². The van der Waals surface area contributed by atoms with Gasteiger partial charge in [0.15, 0.2) is 0 Å². The lowest BCUT2D eigenvalue weighted by Crippen LogP contribution is -2.23. The third-order valence-corrected chi connectivity index (χ3v) is 3.00. The van der Waals surface area contributed by atoms with Gasteiger partial charge in [0.25, 0.3) is 0 Å². The molecule has 0 atom stereocenters. The zero-order valence-corrected chi connectivity index (χ0v) is 14.1. The predicted octanol–water partition coefficient (Wildman–Crippen LogP) is 4.64. The van der Waals surface area contributed by atoms with Gasteiger partial charge in [-0.3, -0.25) is 4.79 Å². The minimum atomic E-state index is 0.193. The molecule has 0 aromatic rings. The largest absolute Gasteiger partial charge is 0.356 e. The summed E-state index contributed by atoms with van der Waals surface area (Å²) in [5, 5.41) is 2.89. The molecule has 120 valence electrons. The van der Waals surface area contributed by atoms with Crippen molar-refractivity contribution < 1.29 is 9.59 Å². The van der Waals surface area contributed by atoms with Crippen molar-refractivity contribution in [3.8, 4) is 0 Å². The van der Waals surface area contributed by atoms with Gasteiger partial charge in [-0.1, -0.05) is 52.9 Å². The quantitative estimate of drug-likeness (QED) is 0.531. The van der Waals surface area contributed by atoms with Crippen LogP contribution in [0, 0.1) is 0 Å². The molecular formula is C17H35NO2. The smallest absolute Gasteiger partial charge is 0.219 e. The summed E-state index contributed by atoms with van der Waals surface area (Å²) < 4.78 is 0. The minimum absolute atomic E-state index is 0.193. The summed E-state index contributed by atoms with van der Waals surface area (Å²) in [7, 11) is 0. The molecule has 0 saturated carbocycles. The van der Waals surface area contributed by atoms with Gasteiger partial charge in [0.2, 0.25) is 5.91 Å². The fourth-order valence-electron chi connectivity index (χ4n) is 1.90. The second-order valence-electron chi connectivity index (χ2n) is 5.03. The molecule has 3 nitrogen and oxygen atoms in total. The van der Waals surface area contributed by atoms with E-state index in [2.05, 4.69) is 12.2 Å². The molecule has 0 rings (SSSR count). The molecule has 0 aromatic heterocycles. The van der Waals surface area contributed by atoms with E-state index >= 15 is 0 Å². The fraction of sp³-hybridized carbons (Fsp3) is 0.882. The summed E-state index contributed by atoms with van der Waals surface area (Å²) in [4.78, 5) is 22.0. The highest BCUT2D eigenvalue weighted by Gasteiger charge is 1.99. The number of Topliss-reactive ketones (excluding diaryl/α,β-unsaturated/α-hetero) is 1. The standard InChI is InChI=1S/C15H29NO2.C2H6/c1-3-13-16-15(18)12-10-8-6-4-5-7-9-11-14(2)17;1-2/h3-13H2,1-2H3,(H,16,18);1-2H3. The lowest BCUT2D eigenvalue weighted by molar-refractivity contribution is -0.121. The first-order chi connectivity index (χ1) is 9.66. The average Bonchev–Trinajstić information content (AvgIpc) is 2.45. The maximum Gasteiger partial charge on any atom is 0.219 e. The van der Waals surface area contributed by atoms with Gasteiger partial charge >= 0.3 is 0 Å². The normalized spacial score (nSPS) is 9.60. The maximum atomic E-state index is 11.3. The summed E-state index contributed by atoms with van der Waals surface area (Å²) in [6, 6.07) is 0. The first-order valence-electron chi connectivity index (χ1n) is 8.43. The first-order valence-corrected chi connectivity index (χ1v) is 8.43. The zero-order valence-electron chi connectivity index (χ0n) is 14.1. The van der Waals surface area contributed by atoms with Crippen LogP contribution in [0.4, 0.5) is 0 Å². The molecule has 0 aromatic carbocycles. The average molecular weight is 285 g/mol. The lowest BCUT2D eigenvalue weighted by Gasteiger charge is -2.03. The number of carbonyl (C=O) groups excluding carboxylic acids is 2. The minimum Gasteiger partial charge on any atom is -0.356 e. The Morgan fingerprint density at radius 2 is 1.25 bits per heavy atom. The second-order valence-corrected chi connectivity index (χ2v) is 5.03. The van der Waals surface area contributed by atoms with Crippen molar-refractivity contribution in [1.82, 2.24) is 5.32 Å². The molecule has 1 amide bonds. The van der Waals surface area contributed by atoms with Crippen LogP contribution in [-0.2, 0) is 9.59 Å². The van der Waals surface area contributed by atoms with Gasteiger partial charge in [-0.2, -0.15) is 0 Å². The number of rotatable bonds is 12. The van der Waals surface area contributed by atoms with Gasteiger partial charge in [-0.05, 0) is 26.2 Å². The van der Waals surface area contributed by atoms with E-state index in [1.165, 1.54) is 19.3 Å². The first kappa shape index (κ1) is 21.4. The molecule has 0 bridgehead atoms. The van der Waals surface area contributed by atoms with E-state index in [0.717, 1.165) is 45.1 Å². The van der Waals surface area contributed by atoms with Crippen LogP contribution in [0.1, 0.15) is 91.9 Å². The molecule has 0 aliphatic heterocycles. The van der Waals surface area contributed by atoms with Gasteiger partial charge in [-0.25, -0.2) is 0 Å². The third-order valence-electron chi connectivity index (χ3n) is 3.00. The summed E-state index contributed by atoms with van der Waals surface area (Å²) >= 11 is 0. The topological polar surface area (TPSA) is 46.2 Å². The van der Waals surface area contributed by atoms with E-state index < -0.39 is 0 Å². The van der Waals surface area contributed by atoms with Crippen LogP contribution in [0.3, 0.4) is 0 Å². The highest BCUT2D eigenvalue weighted by atomic mass is 16.1. The van der Waals surface area contributed by atoms with Gasteiger partial charge in [0.05, 0.1) is 0 Å². The monoisotopic (exact) mass is 285 g/mol. The van der Waals surface area contributed by atoms with E-state index in [1.807, 2.05) is 13.8 Å². The maximum absolute atomic E-state index is 11.3. The summed E-state index contributed by atoms with van der Waals surface area (Å²) in [5.41, 5.74) is 0. The highest BCUT2D eigenvalue weighted by molar-refractivity contribution is 5.75. The molecular weight excluding hydrogens is 250 g/mol. The van der Waals surface area contributed by atoms with Crippen molar-refractivity contribution in [2.45, 2.75) is 91.9 Å². The molecule has 0 unspecified atom stereocenters. The molecule has 0 aliphatic carbocycles. The van der Waals surface area contributed by atoms with Gasteiger partial charge in [0.1, 0.15) is 5.78 Å². The van der Waals surface area contributed by atoms with Crippen molar-refractivity contribution >= 4 is 11.7 Å². The number of carbonyl (C=O) groups is 2. The Labute approximate surface area is 125 Å². The predicted molar refractivity (Wildman–Crippen MR) is 86.9 cm³/mol. The van der Waals surface area contributed by atoms with Crippen molar-refractivity contribution in [3.05, 3.63) is 0 Å². The van der Waals surface area contributed by atoms with E-state index in [9.17, 15) is 9.59 Å². The number of nitrogens with one attached hydrogen (secondary N) is 1. The second kappa shape index (κ2) is 18.1. The number of ketones is 1. The van der Waals surface area contributed by atoms with Crippen LogP contribution in [0.15, 0.2) is 0 Å². The van der Waals surface area contributed by atoms with E-state index in [4.69, 9.17) is 0 Å². The Bertz CT molecular complexity index is 227. The fourth-order valence-corrected chi connectivity index (χ4v) is 1.90. The lowest BCUT2D eigenvalue weighted by atomic mass is 10.1.